The summed E-state index contributed by atoms with van der Waals surface area (Å²) in [6.07, 6.45) is 3.02. The third-order valence-electron chi connectivity index (χ3n) is 5.91. The van der Waals surface area contributed by atoms with Gasteiger partial charge in [-0.2, -0.15) is 0 Å². The SMILES string of the molecule is COc1cnc(Cl)cc1-c1cc(C)ncc1C(=O)Nc1nc2c(s1)CN(C(=O)N1CC(C)(O)C1)C2. The van der Waals surface area contributed by atoms with E-state index in [9.17, 15) is 14.7 Å². The minimum Gasteiger partial charge on any atom is -0.494 e. The van der Waals surface area contributed by atoms with Gasteiger partial charge in [0.1, 0.15) is 10.9 Å². The molecule has 5 rings (SSSR count). The highest BCUT2D eigenvalue weighted by Gasteiger charge is 2.42. The number of rotatable bonds is 4. The Kier molecular flexibility index (Phi) is 5.86. The first-order chi connectivity index (χ1) is 16.6. The molecule has 35 heavy (non-hydrogen) atoms. The molecular weight excluding hydrogens is 492 g/mol. The zero-order chi connectivity index (χ0) is 24.9. The zero-order valence-corrected chi connectivity index (χ0v) is 20.9. The molecule has 0 bridgehead atoms. The molecule has 5 heterocycles. The first kappa shape index (κ1) is 23.5. The van der Waals surface area contributed by atoms with Gasteiger partial charge in [-0.1, -0.05) is 22.9 Å². The van der Waals surface area contributed by atoms with E-state index in [4.69, 9.17) is 16.3 Å². The van der Waals surface area contributed by atoms with Crippen molar-refractivity contribution >= 4 is 40.0 Å². The average molecular weight is 515 g/mol. The number of hydrogen-bond donors (Lipinski definition) is 2. The van der Waals surface area contributed by atoms with Crippen LogP contribution in [0.3, 0.4) is 0 Å². The smallest absolute Gasteiger partial charge is 0.320 e. The number of anilines is 1. The molecule has 0 unspecified atom stereocenters. The molecule has 2 N–H and O–H groups in total. The number of ether oxygens (including phenoxy) is 1. The van der Waals surface area contributed by atoms with Crippen LogP contribution in [0, 0.1) is 6.92 Å². The van der Waals surface area contributed by atoms with E-state index in [1.807, 2.05) is 6.92 Å². The number of aromatic nitrogens is 3. The number of carbonyl (C=O) groups excluding carboxylic acids is 2. The fourth-order valence-corrected chi connectivity index (χ4v) is 5.40. The summed E-state index contributed by atoms with van der Waals surface area (Å²) < 4.78 is 5.43. The molecule has 1 saturated heterocycles. The summed E-state index contributed by atoms with van der Waals surface area (Å²) in [5, 5.41) is 13.5. The van der Waals surface area contributed by atoms with Gasteiger partial charge in [-0.05, 0) is 26.0 Å². The number of β-amino-alcohol motifs (C(OH)–C–C–N with tert-alkyl or cyclic N) is 1. The predicted molar refractivity (Wildman–Crippen MR) is 131 cm³/mol. The maximum absolute atomic E-state index is 13.2. The van der Waals surface area contributed by atoms with Crippen molar-refractivity contribution < 1.29 is 19.4 Å². The van der Waals surface area contributed by atoms with Gasteiger partial charge in [0, 0.05) is 23.0 Å². The number of hydrogen-bond acceptors (Lipinski definition) is 8. The molecule has 12 heteroatoms. The standard InChI is InChI=1S/C23H23ClN6O4S/c1-12-4-13(14-5-19(24)26-7-17(14)34-3)15(6-25-12)20(31)28-21-27-16-8-29(9-18(16)35-21)22(32)30-10-23(2,33)11-30/h4-7,33H,8-11H2,1-3H3,(H,27,28,31). The summed E-state index contributed by atoms with van der Waals surface area (Å²) >= 11 is 7.45. The molecule has 0 radical (unpaired) electrons. The Morgan fingerprint density at radius 1 is 1.17 bits per heavy atom. The van der Waals surface area contributed by atoms with Crippen LogP contribution in [0.4, 0.5) is 9.93 Å². The van der Waals surface area contributed by atoms with Crippen LogP contribution in [0.25, 0.3) is 11.1 Å². The molecular formula is C23H23ClN6O4S. The number of urea groups is 1. The molecule has 0 saturated carbocycles. The van der Waals surface area contributed by atoms with Crippen LogP contribution in [0.15, 0.2) is 24.5 Å². The molecule has 2 aliphatic heterocycles. The number of likely N-dealkylation sites (tertiary alicyclic amines) is 1. The molecule has 1 fully saturated rings. The van der Waals surface area contributed by atoms with E-state index in [0.29, 0.717) is 53.8 Å². The van der Waals surface area contributed by atoms with Gasteiger partial charge in [-0.15, -0.1) is 0 Å². The molecule has 2 aliphatic rings. The molecule has 0 atom stereocenters. The molecule has 10 nitrogen and oxygen atoms in total. The molecule has 3 amide bonds. The summed E-state index contributed by atoms with van der Waals surface area (Å²) in [5.41, 5.74) is 2.26. The van der Waals surface area contributed by atoms with Crippen molar-refractivity contribution in [3.8, 4) is 16.9 Å². The lowest BCUT2D eigenvalue weighted by Gasteiger charge is -2.45. The van der Waals surface area contributed by atoms with Crippen molar-refractivity contribution in [1.29, 1.82) is 0 Å². The number of aryl methyl sites for hydroxylation is 1. The van der Waals surface area contributed by atoms with Crippen molar-refractivity contribution in [1.82, 2.24) is 24.8 Å². The molecule has 3 aromatic rings. The molecule has 3 aromatic heterocycles. The Balaban J connectivity index is 1.33. The lowest BCUT2D eigenvalue weighted by Crippen LogP contribution is -2.63. The number of aliphatic hydroxyl groups is 1. The number of thiazole rings is 1. The van der Waals surface area contributed by atoms with Gasteiger partial charge in [0.05, 0.1) is 61.2 Å². The topological polar surface area (TPSA) is 121 Å². The number of nitrogens with one attached hydrogen (secondary N) is 1. The average Bonchev–Trinajstić information content (AvgIpc) is 3.35. The lowest BCUT2D eigenvalue weighted by atomic mass is 9.98. The lowest BCUT2D eigenvalue weighted by molar-refractivity contribution is -0.0668. The van der Waals surface area contributed by atoms with Crippen LogP contribution in [0.1, 0.15) is 33.5 Å². The minimum absolute atomic E-state index is 0.118. The summed E-state index contributed by atoms with van der Waals surface area (Å²) in [7, 11) is 1.53. The van der Waals surface area contributed by atoms with Crippen molar-refractivity contribution in [2.75, 3.05) is 25.5 Å². The molecule has 0 aromatic carbocycles. The highest BCUT2D eigenvalue weighted by atomic mass is 35.5. The fourth-order valence-electron chi connectivity index (χ4n) is 4.26. The number of carbonyl (C=O) groups is 2. The Labute approximate surface area is 210 Å². The number of fused-ring (bicyclic) bond motifs is 1. The van der Waals surface area contributed by atoms with E-state index in [-0.39, 0.29) is 17.1 Å². The van der Waals surface area contributed by atoms with Crippen LogP contribution >= 0.6 is 22.9 Å². The van der Waals surface area contributed by atoms with Crippen molar-refractivity contribution in [2.24, 2.45) is 0 Å². The normalized spacial score (nSPS) is 16.0. The van der Waals surface area contributed by atoms with Gasteiger partial charge in [-0.3, -0.25) is 15.1 Å². The van der Waals surface area contributed by atoms with E-state index in [0.717, 1.165) is 16.3 Å². The van der Waals surface area contributed by atoms with Crippen LogP contribution in [0.5, 0.6) is 5.75 Å². The first-order valence-electron chi connectivity index (χ1n) is 10.9. The quantitative estimate of drug-likeness (QED) is 0.512. The highest BCUT2D eigenvalue weighted by Crippen LogP contribution is 2.36. The third kappa shape index (κ3) is 4.54. The molecule has 0 spiro atoms. The Bertz CT molecular complexity index is 1310. The van der Waals surface area contributed by atoms with Gasteiger partial charge in [0.2, 0.25) is 0 Å². The third-order valence-corrected chi connectivity index (χ3v) is 7.11. The number of halogens is 1. The second-order valence-corrected chi connectivity index (χ2v) is 10.4. The summed E-state index contributed by atoms with van der Waals surface area (Å²) in [5.74, 6) is 0.112. The van der Waals surface area contributed by atoms with Crippen molar-refractivity contribution in [3.63, 3.8) is 0 Å². The van der Waals surface area contributed by atoms with E-state index in [1.165, 1.54) is 30.8 Å². The zero-order valence-electron chi connectivity index (χ0n) is 19.3. The maximum Gasteiger partial charge on any atom is 0.320 e. The Morgan fingerprint density at radius 2 is 1.94 bits per heavy atom. The van der Waals surface area contributed by atoms with Gasteiger partial charge in [0.25, 0.3) is 5.91 Å². The Hall–Kier alpha value is -3.28. The predicted octanol–water partition coefficient (Wildman–Crippen LogP) is 3.33. The second-order valence-electron chi connectivity index (χ2n) is 8.91. The van der Waals surface area contributed by atoms with E-state index < -0.39 is 5.60 Å². The monoisotopic (exact) mass is 514 g/mol. The summed E-state index contributed by atoms with van der Waals surface area (Å²) in [6, 6.07) is 3.32. The van der Waals surface area contributed by atoms with Crippen molar-refractivity contribution in [2.45, 2.75) is 32.5 Å². The number of nitrogens with zero attached hydrogens (tertiary/aromatic N) is 5. The van der Waals surface area contributed by atoms with Gasteiger partial charge in [-0.25, -0.2) is 14.8 Å². The van der Waals surface area contributed by atoms with Crippen molar-refractivity contribution in [3.05, 3.63) is 51.5 Å². The van der Waals surface area contributed by atoms with E-state index in [1.54, 1.807) is 28.9 Å². The number of amides is 3. The van der Waals surface area contributed by atoms with Crippen LogP contribution < -0.4 is 10.1 Å². The Morgan fingerprint density at radius 3 is 2.63 bits per heavy atom. The first-order valence-corrected chi connectivity index (χ1v) is 12.1. The van der Waals surface area contributed by atoms with Crippen LogP contribution in [-0.4, -0.2) is 67.6 Å². The second kappa shape index (κ2) is 8.74. The molecule has 0 aliphatic carbocycles. The highest BCUT2D eigenvalue weighted by molar-refractivity contribution is 7.16. The fraction of sp³-hybridized carbons (Fsp3) is 0.348. The van der Waals surface area contributed by atoms with E-state index >= 15 is 0 Å². The summed E-state index contributed by atoms with van der Waals surface area (Å²) in [6.45, 7) is 4.98. The maximum atomic E-state index is 13.2. The molecule has 182 valence electrons. The van der Waals surface area contributed by atoms with Crippen LogP contribution in [-0.2, 0) is 13.1 Å². The number of pyridine rings is 2. The van der Waals surface area contributed by atoms with Crippen LogP contribution in [0.2, 0.25) is 5.15 Å². The van der Waals surface area contributed by atoms with Gasteiger partial charge < -0.3 is 19.6 Å². The minimum atomic E-state index is -0.814. The van der Waals surface area contributed by atoms with Gasteiger partial charge >= 0.3 is 6.03 Å². The summed E-state index contributed by atoms with van der Waals surface area (Å²) in [4.78, 5) is 43.0. The largest absolute Gasteiger partial charge is 0.494 e. The van der Waals surface area contributed by atoms with Gasteiger partial charge in [0.15, 0.2) is 5.13 Å². The number of methoxy groups -OCH3 is 1. The van der Waals surface area contributed by atoms with E-state index in [2.05, 4.69) is 20.3 Å².